The standard InChI is InChI=1S/C18H13ClF3N3O2/c19-14-6-5-11(9-13(14)18(20,21)22)24-16(26)7-8-25-10-23-15-4-2-1-3-12(15)17(25)27/h1-6,9-10H,7-8H2,(H,24,26). The largest absolute Gasteiger partial charge is 0.417 e. The number of anilines is 1. The quantitative estimate of drug-likeness (QED) is 0.723. The highest BCUT2D eigenvalue weighted by atomic mass is 35.5. The molecule has 140 valence electrons. The number of rotatable bonds is 4. The molecule has 9 heteroatoms. The molecule has 3 rings (SSSR count). The van der Waals surface area contributed by atoms with Crippen molar-refractivity contribution in [2.24, 2.45) is 0 Å². The minimum absolute atomic E-state index is 0.0271. The van der Waals surface area contributed by atoms with Crippen molar-refractivity contribution in [2.75, 3.05) is 5.32 Å². The number of hydrogen-bond donors (Lipinski definition) is 1. The van der Waals surface area contributed by atoms with Crippen LogP contribution in [-0.2, 0) is 17.5 Å². The van der Waals surface area contributed by atoms with E-state index in [2.05, 4.69) is 10.3 Å². The number of benzene rings is 2. The number of para-hydroxylation sites is 1. The molecule has 27 heavy (non-hydrogen) atoms. The number of amides is 1. The highest BCUT2D eigenvalue weighted by Crippen LogP contribution is 2.36. The van der Waals surface area contributed by atoms with Crippen LogP contribution in [0.5, 0.6) is 0 Å². The number of hydrogen-bond acceptors (Lipinski definition) is 3. The minimum Gasteiger partial charge on any atom is -0.326 e. The number of fused-ring (bicyclic) bond motifs is 1. The molecule has 0 unspecified atom stereocenters. The topological polar surface area (TPSA) is 64.0 Å². The second-order valence-electron chi connectivity index (χ2n) is 5.75. The Bertz CT molecular complexity index is 1060. The van der Waals surface area contributed by atoms with Gasteiger partial charge in [0, 0.05) is 18.7 Å². The summed E-state index contributed by atoms with van der Waals surface area (Å²) in [7, 11) is 0. The van der Waals surface area contributed by atoms with Gasteiger partial charge in [0.15, 0.2) is 0 Å². The molecule has 1 N–H and O–H groups in total. The zero-order chi connectivity index (χ0) is 19.6. The van der Waals surface area contributed by atoms with E-state index in [-0.39, 0.29) is 24.2 Å². The van der Waals surface area contributed by atoms with E-state index in [1.165, 1.54) is 17.0 Å². The number of nitrogens with zero attached hydrogens (tertiary/aromatic N) is 2. The molecule has 1 amide bonds. The summed E-state index contributed by atoms with van der Waals surface area (Å²) in [5.41, 5.74) is -0.805. The summed E-state index contributed by atoms with van der Waals surface area (Å²) >= 11 is 5.55. The van der Waals surface area contributed by atoms with Crippen LogP contribution >= 0.6 is 11.6 Å². The first-order valence-corrected chi connectivity index (χ1v) is 8.24. The van der Waals surface area contributed by atoms with Crippen LogP contribution in [0.25, 0.3) is 10.9 Å². The van der Waals surface area contributed by atoms with Crippen LogP contribution in [0.3, 0.4) is 0 Å². The Morgan fingerprint density at radius 1 is 1.19 bits per heavy atom. The van der Waals surface area contributed by atoms with E-state index in [0.717, 1.165) is 12.1 Å². The second kappa shape index (κ2) is 7.40. The molecule has 0 atom stereocenters. The molecule has 5 nitrogen and oxygen atoms in total. The third-order valence-electron chi connectivity index (χ3n) is 3.87. The predicted octanol–water partition coefficient (Wildman–Crippen LogP) is 4.10. The fourth-order valence-corrected chi connectivity index (χ4v) is 2.76. The SMILES string of the molecule is O=C(CCn1cnc2ccccc2c1=O)Nc1ccc(Cl)c(C(F)(F)F)c1. The van der Waals surface area contributed by atoms with Gasteiger partial charge in [-0.05, 0) is 30.3 Å². The fraction of sp³-hybridized carbons (Fsp3) is 0.167. The Kier molecular flexibility index (Phi) is 5.18. The third kappa shape index (κ3) is 4.28. The molecule has 0 saturated heterocycles. The summed E-state index contributed by atoms with van der Waals surface area (Å²) < 4.78 is 39.9. The lowest BCUT2D eigenvalue weighted by Gasteiger charge is -2.12. The van der Waals surface area contributed by atoms with Crippen LogP contribution in [0.15, 0.2) is 53.6 Å². The Hall–Kier alpha value is -2.87. The number of nitrogens with one attached hydrogen (secondary N) is 1. The third-order valence-corrected chi connectivity index (χ3v) is 4.20. The van der Waals surface area contributed by atoms with Gasteiger partial charge in [0.1, 0.15) is 0 Å². The Morgan fingerprint density at radius 3 is 2.67 bits per heavy atom. The molecular weight excluding hydrogens is 383 g/mol. The molecule has 0 aliphatic heterocycles. The van der Waals surface area contributed by atoms with Crippen molar-refractivity contribution in [1.29, 1.82) is 0 Å². The molecule has 2 aromatic carbocycles. The van der Waals surface area contributed by atoms with Gasteiger partial charge in [-0.2, -0.15) is 13.2 Å². The van der Waals surface area contributed by atoms with Crippen LogP contribution in [0.4, 0.5) is 18.9 Å². The number of alkyl halides is 3. The van der Waals surface area contributed by atoms with Crippen molar-refractivity contribution in [3.05, 3.63) is 69.7 Å². The van der Waals surface area contributed by atoms with E-state index in [9.17, 15) is 22.8 Å². The van der Waals surface area contributed by atoms with E-state index < -0.39 is 22.7 Å². The van der Waals surface area contributed by atoms with Crippen LogP contribution in [0, 0.1) is 0 Å². The number of carbonyl (C=O) groups excluding carboxylic acids is 1. The van der Waals surface area contributed by atoms with Crippen LogP contribution < -0.4 is 10.9 Å². The molecule has 0 aliphatic rings. The Labute approximate surface area is 156 Å². The first-order chi connectivity index (χ1) is 12.8. The van der Waals surface area contributed by atoms with Crippen molar-refractivity contribution < 1.29 is 18.0 Å². The average molecular weight is 396 g/mol. The average Bonchev–Trinajstić information content (AvgIpc) is 2.62. The van der Waals surface area contributed by atoms with Crippen molar-refractivity contribution >= 4 is 34.1 Å². The zero-order valence-electron chi connectivity index (χ0n) is 13.8. The monoisotopic (exact) mass is 395 g/mol. The minimum atomic E-state index is -4.62. The molecule has 1 heterocycles. The first kappa shape index (κ1) is 18.9. The lowest BCUT2D eigenvalue weighted by atomic mass is 10.2. The van der Waals surface area contributed by atoms with E-state index >= 15 is 0 Å². The number of carbonyl (C=O) groups is 1. The smallest absolute Gasteiger partial charge is 0.326 e. The lowest BCUT2D eigenvalue weighted by Crippen LogP contribution is -2.23. The van der Waals surface area contributed by atoms with Crippen LogP contribution in [-0.4, -0.2) is 15.5 Å². The summed E-state index contributed by atoms with van der Waals surface area (Å²) in [4.78, 5) is 28.5. The summed E-state index contributed by atoms with van der Waals surface area (Å²) in [5.74, 6) is -0.537. The Balaban J connectivity index is 1.71. The summed E-state index contributed by atoms with van der Waals surface area (Å²) in [6, 6.07) is 9.91. The van der Waals surface area contributed by atoms with Gasteiger partial charge in [-0.3, -0.25) is 14.2 Å². The molecular formula is C18H13ClF3N3O2. The number of halogens is 4. The van der Waals surface area contributed by atoms with Gasteiger partial charge in [0.2, 0.25) is 5.91 Å². The van der Waals surface area contributed by atoms with Gasteiger partial charge in [0.25, 0.3) is 5.56 Å². The van der Waals surface area contributed by atoms with Gasteiger partial charge < -0.3 is 5.32 Å². The maximum atomic E-state index is 12.9. The van der Waals surface area contributed by atoms with Crippen molar-refractivity contribution in [1.82, 2.24) is 9.55 Å². The number of aryl methyl sites for hydroxylation is 1. The molecule has 1 aromatic heterocycles. The molecule has 0 radical (unpaired) electrons. The predicted molar refractivity (Wildman–Crippen MR) is 95.7 cm³/mol. The van der Waals surface area contributed by atoms with Gasteiger partial charge in [0.05, 0.1) is 27.8 Å². The highest BCUT2D eigenvalue weighted by molar-refractivity contribution is 6.31. The van der Waals surface area contributed by atoms with E-state index in [1.54, 1.807) is 24.3 Å². The van der Waals surface area contributed by atoms with Crippen molar-refractivity contribution in [3.63, 3.8) is 0 Å². The maximum absolute atomic E-state index is 12.9. The molecule has 0 fully saturated rings. The lowest BCUT2D eigenvalue weighted by molar-refractivity contribution is -0.137. The Morgan fingerprint density at radius 2 is 1.93 bits per heavy atom. The summed E-state index contributed by atoms with van der Waals surface area (Å²) in [5, 5.41) is 2.35. The molecule has 0 spiro atoms. The highest BCUT2D eigenvalue weighted by Gasteiger charge is 2.33. The van der Waals surface area contributed by atoms with Crippen molar-refractivity contribution in [3.8, 4) is 0 Å². The van der Waals surface area contributed by atoms with E-state index in [1.807, 2.05) is 0 Å². The first-order valence-electron chi connectivity index (χ1n) is 7.86. The molecule has 0 saturated carbocycles. The van der Waals surface area contributed by atoms with E-state index in [0.29, 0.717) is 10.9 Å². The maximum Gasteiger partial charge on any atom is 0.417 e. The number of aromatic nitrogens is 2. The van der Waals surface area contributed by atoms with Crippen LogP contribution in [0.1, 0.15) is 12.0 Å². The second-order valence-corrected chi connectivity index (χ2v) is 6.16. The van der Waals surface area contributed by atoms with Crippen molar-refractivity contribution in [2.45, 2.75) is 19.1 Å². The van der Waals surface area contributed by atoms with Gasteiger partial charge >= 0.3 is 6.18 Å². The fourth-order valence-electron chi connectivity index (χ4n) is 2.53. The van der Waals surface area contributed by atoms with Gasteiger partial charge in [-0.25, -0.2) is 4.98 Å². The molecule has 3 aromatic rings. The zero-order valence-corrected chi connectivity index (χ0v) is 14.5. The van der Waals surface area contributed by atoms with Crippen LogP contribution in [0.2, 0.25) is 5.02 Å². The van der Waals surface area contributed by atoms with Gasteiger partial charge in [-0.15, -0.1) is 0 Å². The summed E-state index contributed by atoms with van der Waals surface area (Å²) in [6.45, 7) is 0.0439. The summed E-state index contributed by atoms with van der Waals surface area (Å²) in [6.07, 6.45) is -3.40. The van der Waals surface area contributed by atoms with Gasteiger partial charge in [-0.1, -0.05) is 23.7 Å². The van der Waals surface area contributed by atoms with E-state index in [4.69, 9.17) is 11.6 Å². The normalized spacial score (nSPS) is 11.6. The molecule has 0 aliphatic carbocycles. The molecule has 0 bridgehead atoms.